The lowest BCUT2D eigenvalue weighted by molar-refractivity contribution is 0.0943. The van der Waals surface area contributed by atoms with Gasteiger partial charge in [0, 0.05) is 5.69 Å². The first-order chi connectivity index (χ1) is 14.0. The van der Waals surface area contributed by atoms with Gasteiger partial charge in [-0.15, -0.1) is 0 Å². The SMILES string of the molecule is Cc1nc(Nc2ccc(F)cc2)sc1C(=O)N[C@@H](C)c1ccc2ccccc2c1. The van der Waals surface area contributed by atoms with E-state index in [4.69, 9.17) is 0 Å². The maximum atomic E-state index is 13.1. The molecule has 4 nitrogen and oxygen atoms in total. The number of carbonyl (C=O) groups excluding carboxylic acids is 1. The Labute approximate surface area is 172 Å². The predicted octanol–water partition coefficient (Wildman–Crippen LogP) is 5.98. The molecule has 4 rings (SSSR count). The molecule has 0 saturated heterocycles. The van der Waals surface area contributed by atoms with Crippen LogP contribution in [0.3, 0.4) is 0 Å². The molecule has 0 saturated carbocycles. The van der Waals surface area contributed by atoms with Gasteiger partial charge in [-0.2, -0.15) is 0 Å². The van der Waals surface area contributed by atoms with Crippen LogP contribution in [0.2, 0.25) is 0 Å². The van der Waals surface area contributed by atoms with E-state index in [1.54, 1.807) is 12.1 Å². The highest BCUT2D eigenvalue weighted by molar-refractivity contribution is 7.17. The molecule has 146 valence electrons. The molecule has 0 spiro atoms. The molecule has 0 fully saturated rings. The van der Waals surface area contributed by atoms with Crippen molar-refractivity contribution in [3.8, 4) is 0 Å². The van der Waals surface area contributed by atoms with Gasteiger partial charge in [0.1, 0.15) is 10.7 Å². The number of anilines is 2. The van der Waals surface area contributed by atoms with Gasteiger partial charge in [0.2, 0.25) is 0 Å². The number of nitrogens with zero attached hydrogens (tertiary/aromatic N) is 1. The van der Waals surface area contributed by atoms with E-state index >= 15 is 0 Å². The van der Waals surface area contributed by atoms with E-state index in [0.717, 1.165) is 16.6 Å². The topological polar surface area (TPSA) is 54.0 Å². The summed E-state index contributed by atoms with van der Waals surface area (Å²) in [6, 6.07) is 20.2. The van der Waals surface area contributed by atoms with Crippen LogP contribution in [0.4, 0.5) is 15.2 Å². The number of hydrogen-bond donors (Lipinski definition) is 2. The lowest BCUT2D eigenvalue weighted by Gasteiger charge is -2.14. The molecule has 0 unspecified atom stereocenters. The molecule has 0 radical (unpaired) electrons. The average Bonchev–Trinajstić information content (AvgIpc) is 3.09. The molecule has 4 aromatic rings. The van der Waals surface area contributed by atoms with E-state index in [2.05, 4.69) is 39.9 Å². The minimum Gasteiger partial charge on any atom is -0.345 e. The van der Waals surface area contributed by atoms with E-state index in [9.17, 15) is 9.18 Å². The summed E-state index contributed by atoms with van der Waals surface area (Å²) in [6.07, 6.45) is 0. The van der Waals surface area contributed by atoms with Crippen LogP contribution in [-0.4, -0.2) is 10.9 Å². The summed E-state index contributed by atoms with van der Waals surface area (Å²) in [4.78, 5) is 17.8. The van der Waals surface area contributed by atoms with Crippen molar-refractivity contribution in [1.82, 2.24) is 10.3 Å². The number of rotatable bonds is 5. The van der Waals surface area contributed by atoms with Gasteiger partial charge in [-0.25, -0.2) is 9.37 Å². The highest BCUT2D eigenvalue weighted by atomic mass is 32.1. The third-order valence-electron chi connectivity index (χ3n) is 4.72. The molecule has 0 aliphatic carbocycles. The second kappa shape index (κ2) is 8.01. The van der Waals surface area contributed by atoms with Crippen LogP contribution >= 0.6 is 11.3 Å². The van der Waals surface area contributed by atoms with Gasteiger partial charge in [-0.1, -0.05) is 47.7 Å². The standard InChI is InChI=1S/C23H20FN3OS/c1-14(17-8-7-16-5-3-4-6-18(16)13-17)25-22(28)21-15(2)26-23(29-21)27-20-11-9-19(24)10-12-20/h3-14H,1-2H3,(H,25,28)(H,26,27)/t14-/m0/s1. The minimum atomic E-state index is -0.298. The molecular formula is C23H20FN3OS. The van der Waals surface area contributed by atoms with E-state index in [-0.39, 0.29) is 17.8 Å². The van der Waals surface area contributed by atoms with Crippen LogP contribution in [0.25, 0.3) is 10.8 Å². The number of hydrogen-bond acceptors (Lipinski definition) is 4. The smallest absolute Gasteiger partial charge is 0.263 e. The van der Waals surface area contributed by atoms with Crippen molar-refractivity contribution in [3.05, 3.63) is 88.7 Å². The second-order valence-corrected chi connectivity index (χ2v) is 7.87. The van der Waals surface area contributed by atoms with Crippen LogP contribution in [0.1, 0.15) is 33.9 Å². The maximum Gasteiger partial charge on any atom is 0.263 e. The number of amides is 1. The molecule has 1 amide bonds. The number of nitrogens with one attached hydrogen (secondary N) is 2. The van der Waals surface area contributed by atoms with Gasteiger partial charge in [0.25, 0.3) is 5.91 Å². The van der Waals surface area contributed by atoms with E-state index < -0.39 is 0 Å². The summed E-state index contributed by atoms with van der Waals surface area (Å²) in [5.74, 6) is -0.457. The van der Waals surface area contributed by atoms with Crippen LogP contribution in [0.15, 0.2) is 66.7 Å². The van der Waals surface area contributed by atoms with Gasteiger partial charge in [0.05, 0.1) is 11.7 Å². The van der Waals surface area contributed by atoms with E-state index in [1.807, 2.05) is 32.0 Å². The molecule has 2 N–H and O–H groups in total. The van der Waals surface area contributed by atoms with Gasteiger partial charge in [0.15, 0.2) is 5.13 Å². The second-order valence-electron chi connectivity index (χ2n) is 6.87. The fourth-order valence-electron chi connectivity index (χ4n) is 3.14. The Balaban J connectivity index is 1.48. The third-order valence-corrected chi connectivity index (χ3v) is 5.79. The summed E-state index contributed by atoms with van der Waals surface area (Å²) in [5, 5.41) is 9.08. The first-order valence-electron chi connectivity index (χ1n) is 9.29. The fraction of sp³-hybridized carbons (Fsp3) is 0.130. The zero-order valence-electron chi connectivity index (χ0n) is 16.1. The van der Waals surface area contributed by atoms with Crippen molar-refractivity contribution in [1.29, 1.82) is 0 Å². The van der Waals surface area contributed by atoms with Gasteiger partial charge in [-0.05, 0) is 60.5 Å². The predicted molar refractivity (Wildman–Crippen MR) is 116 cm³/mol. The van der Waals surface area contributed by atoms with Crippen molar-refractivity contribution < 1.29 is 9.18 Å². The molecular weight excluding hydrogens is 385 g/mol. The van der Waals surface area contributed by atoms with Crippen molar-refractivity contribution in [2.45, 2.75) is 19.9 Å². The van der Waals surface area contributed by atoms with Crippen LogP contribution in [-0.2, 0) is 0 Å². The summed E-state index contributed by atoms with van der Waals surface area (Å²) in [6.45, 7) is 3.78. The van der Waals surface area contributed by atoms with E-state index in [0.29, 0.717) is 15.7 Å². The fourth-order valence-corrected chi connectivity index (χ4v) is 4.03. The molecule has 0 aliphatic heterocycles. The Morgan fingerprint density at radius 2 is 1.76 bits per heavy atom. The Morgan fingerprint density at radius 3 is 2.52 bits per heavy atom. The molecule has 3 aromatic carbocycles. The van der Waals surface area contributed by atoms with Crippen molar-refractivity contribution in [2.75, 3.05) is 5.32 Å². The highest BCUT2D eigenvalue weighted by Crippen LogP contribution is 2.27. The zero-order valence-corrected chi connectivity index (χ0v) is 16.9. The van der Waals surface area contributed by atoms with E-state index in [1.165, 1.54) is 28.9 Å². The minimum absolute atomic E-state index is 0.137. The van der Waals surface area contributed by atoms with Crippen LogP contribution in [0.5, 0.6) is 0 Å². The Hall–Kier alpha value is -3.25. The molecule has 0 aliphatic rings. The lowest BCUT2D eigenvalue weighted by Crippen LogP contribution is -2.26. The molecule has 29 heavy (non-hydrogen) atoms. The Kier molecular flexibility index (Phi) is 5.27. The van der Waals surface area contributed by atoms with Gasteiger partial charge < -0.3 is 10.6 Å². The monoisotopic (exact) mass is 405 g/mol. The van der Waals surface area contributed by atoms with Crippen molar-refractivity contribution in [2.24, 2.45) is 0 Å². The molecule has 0 bridgehead atoms. The quantitative estimate of drug-likeness (QED) is 0.429. The Morgan fingerprint density at radius 1 is 1.03 bits per heavy atom. The van der Waals surface area contributed by atoms with Crippen molar-refractivity contribution in [3.63, 3.8) is 0 Å². The molecule has 6 heteroatoms. The number of thiazole rings is 1. The number of fused-ring (bicyclic) bond motifs is 1. The number of aryl methyl sites for hydroxylation is 1. The number of carbonyl (C=O) groups is 1. The summed E-state index contributed by atoms with van der Waals surface area (Å²) in [5.41, 5.74) is 2.42. The Bertz CT molecular complexity index is 1170. The number of halogens is 1. The van der Waals surface area contributed by atoms with Crippen molar-refractivity contribution >= 4 is 38.8 Å². The maximum absolute atomic E-state index is 13.1. The molecule has 1 heterocycles. The number of aromatic nitrogens is 1. The molecule has 1 atom stereocenters. The van der Waals surface area contributed by atoms with Crippen LogP contribution < -0.4 is 10.6 Å². The number of benzene rings is 3. The lowest BCUT2D eigenvalue weighted by atomic mass is 10.0. The average molecular weight is 405 g/mol. The first-order valence-corrected chi connectivity index (χ1v) is 10.1. The third kappa shape index (κ3) is 4.27. The summed E-state index contributed by atoms with van der Waals surface area (Å²) in [7, 11) is 0. The molecule has 1 aromatic heterocycles. The van der Waals surface area contributed by atoms with Gasteiger partial charge in [-0.3, -0.25) is 4.79 Å². The highest BCUT2D eigenvalue weighted by Gasteiger charge is 2.18. The summed E-state index contributed by atoms with van der Waals surface area (Å²) < 4.78 is 13.1. The van der Waals surface area contributed by atoms with Gasteiger partial charge >= 0.3 is 0 Å². The zero-order chi connectivity index (χ0) is 20.4. The van der Waals surface area contributed by atoms with Crippen LogP contribution in [0, 0.1) is 12.7 Å². The summed E-state index contributed by atoms with van der Waals surface area (Å²) >= 11 is 1.28. The first kappa shape index (κ1) is 19.1. The largest absolute Gasteiger partial charge is 0.345 e. The normalized spacial score (nSPS) is 12.0.